The van der Waals surface area contributed by atoms with Gasteiger partial charge in [-0.3, -0.25) is 14.2 Å². The van der Waals surface area contributed by atoms with E-state index in [-0.39, 0.29) is 24.1 Å². The number of anilines is 1. The minimum absolute atomic E-state index is 0.0823. The summed E-state index contributed by atoms with van der Waals surface area (Å²) in [7, 11) is 3.13. The molecular formula is C25H26N6O4S2. The van der Waals surface area contributed by atoms with Crippen molar-refractivity contribution < 1.29 is 19.1 Å². The smallest absolute Gasteiger partial charge is 0.251 e. The van der Waals surface area contributed by atoms with Crippen molar-refractivity contribution >= 4 is 40.0 Å². The Morgan fingerprint density at radius 2 is 1.89 bits per heavy atom. The maximum absolute atomic E-state index is 12.8. The number of nitrogens with zero attached hydrogens (tertiary/aromatic N) is 4. The van der Waals surface area contributed by atoms with Crippen molar-refractivity contribution in [2.24, 2.45) is 0 Å². The van der Waals surface area contributed by atoms with Crippen LogP contribution in [0, 0.1) is 13.8 Å². The SMILES string of the molecule is COc1ccc(OC)c(-n2c(CNC(=O)c3ccc(C)c(C)c3)nnc2SCC(=O)Nc2nccs2)c1. The van der Waals surface area contributed by atoms with Crippen LogP contribution in [0.5, 0.6) is 11.5 Å². The van der Waals surface area contributed by atoms with E-state index in [1.807, 2.05) is 26.0 Å². The van der Waals surface area contributed by atoms with Crippen LogP contribution >= 0.6 is 23.1 Å². The molecule has 0 atom stereocenters. The lowest BCUT2D eigenvalue weighted by molar-refractivity contribution is -0.113. The van der Waals surface area contributed by atoms with Gasteiger partial charge in [-0.25, -0.2) is 4.98 Å². The molecule has 0 bridgehead atoms. The summed E-state index contributed by atoms with van der Waals surface area (Å²) < 4.78 is 12.7. The molecule has 0 spiro atoms. The first kappa shape index (κ1) is 26.2. The van der Waals surface area contributed by atoms with Crippen LogP contribution in [-0.4, -0.2) is 51.5 Å². The molecule has 2 amide bonds. The average Bonchev–Trinajstić information content (AvgIpc) is 3.56. The number of amides is 2. The van der Waals surface area contributed by atoms with Gasteiger partial charge in [0.2, 0.25) is 5.91 Å². The summed E-state index contributed by atoms with van der Waals surface area (Å²) in [6.45, 7) is 4.06. The maximum atomic E-state index is 12.8. The van der Waals surface area contributed by atoms with E-state index in [0.717, 1.165) is 11.1 Å². The minimum atomic E-state index is -0.229. The number of nitrogens with one attached hydrogen (secondary N) is 2. The molecular weight excluding hydrogens is 512 g/mol. The van der Waals surface area contributed by atoms with Gasteiger partial charge in [0, 0.05) is 23.2 Å². The maximum Gasteiger partial charge on any atom is 0.251 e. The van der Waals surface area contributed by atoms with Gasteiger partial charge in [0.05, 0.1) is 32.2 Å². The van der Waals surface area contributed by atoms with E-state index in [1.165, 1.54) is 23.1 Å². The monoisotopic (exact) mass is 538 g/mol. The van der Waals surface area contributed by atoms with Crippen LogP contribution in [0.1, 0.15) is 27.3 Å². The molecule has 0 unspecified atom stereocenters. The first-order chi connectivity index (χ1) is 17.9. The molecule has 12 heteroatoms. The fourth-order valence-electron chi connectivity index (χ4n) is 3.44. The molecule has 2 N–H and O–H groups in total. The number of carbonyl (C=O) groups excluding carboxylic acids is 2. The molecule has 10 nitrogen and oxygen atoms in total. The molecule has 0 aliphatic heterocycles. The largest absolute Gasteiger partial charge is 0.497 e. The van der Waals surface area contributed by atoms with Gasteiger partial charge >= 0.3 is 0 Å². The summed E-state index contributed by atoms with van der Waals surface area (Å²) in [5.41, 5.74) is 3.32. The number of ether oxygens (including phenoxy) is 2. The van der Waals surface area contributed by atoms with Crippen LogP contribution in [0.15, 0.2) is 53.1 Å². The molecule has 4 aromatic rings. The van der Waals surface area contributed by atoms with Crippen molar-refractivity contribution in [1.29, 1.82) is 0 Å². The molecule has 192 valence electrons. The molecule has 0 saturated heterocycles. The van der Waals surface area contributed by atoms with Crippen LogP contribution in [-0.2, 0) is 11.3 Å². The normalized spacial score (nSPS) is 10.7. The second-order valence-corrected chi connectivity index (χ2v) is 9.76. The predicted molar refractivity (Wildman–Crippen MR) is 143 cm³/mol. The number of aryl methyl sites for hydroxylation is 2. The average molecular weight is 539 g/mol. The number of thioether (sulfide) groups is 1. The number of methoxy groups -OCH3 is 2. The quantitative estimate of drug-likeness (QED) is 0.291. The number of aromatic nitrogens is 4. The molecule has 2 aromatic carbocycles. The summed E-state index contributed by atoms with van der Waals surface area (Å²) in [6.07, 6.45) is 1.62. The highest BCUT2D eigenvalue weighted by Gasteiger charge is 2.20. The summed E-state index contributed by atoms with van der Waals surface area (Å²) in [6, 6.07) is 10.9. The van der Waals surface area contributed by atoms with Crippen molar-refractivity contribution in [2.45, 2.75) is 25.5 Å². The van der Waals surface area contributed by atoms with Crippen molar-refractivity contribution in [3.63, 3.8) is 0 Å². The Morgan fingerprint density at radius 1 is 1.05 bits per heavy atom. The molecule has 2 heterocycles. The molecule has 0 aliphatic rings. The second kappa shape index (κ2) is 11.9. The van der Waals surface area contributed by atoms with E-state index in [1.54, 1.807) is 54.6 Å². The number of hydrogen-bond acceptors (Lipinski definition) is 9. The minimum Gasteiger partial charge on any atom is -0.497 e. The lowest BCUT2D eigenvalue weighted by Gasteiger charge is -2.15. The van der Waals surface area contributed by atoms with Gasteiger partial charge < -0.3 is 20.1 Å². The van der Waals surface area contributed by atoms with Crippen LogP contribution in [0.4, 0.5) is 5.13 Å². The third kappa shape index (κ3) is 6.27. The molecule has 37 heavy (non-hydrogen) atoms. The van der Waals surface area contributed by atoms with Gasteiger partial charge in [-0.1, -0.05) is 17.8 Å². The lowest BCUT2D eigenvalue weighted by atomic mass is 10.1. The number of benzene rings is 2. The highest BCUT2D eigenvalue weighted by atomic mass is 32.2. The van der Waals surface area contributed by atoms with Crippen molar-refractivity contribution in [3.8, 4) is 17.2 Å². The van der Waals surface area contributed by atoms with E-state index in [2.05, 4.69) is 25.8 Å². The number of carbonyl (C=O) groups is 2. The second-order valence-electron chi connectivity index (χ2n) is 7.93. The fourth-order valence-corrected chi connectivity index (χ4v) is 4.75. The van der Waals surface area contributed by atoms with E-state index < -0.39 is 0 Å². The van der Waals surface area contributed by atoms with E-state index in [9.17, 15) is 9.59 Å². The molecule has 0 radical (unpaired) electrons. The van der Waals surface area contributed by atoms with Gasteiger partial charge in [-0.05, 0) is 49.2 Å². The summed E-state index contributed by atoms with van der Waals surface area (Å²) >= 11 is 2.54. The first-order valence-electron chi connectivity index (χ1n) is 11.2. The third-order valence-corrected chi connectivity index (χ3v) is 7.13. The van der Waals surface area contributed by atoms with E-state index >= 15 is 0 Å². The van der Waals surface area contributed by atoms with Gasteiger partial charge in [-0.15, -0.1) is 21.5 Å². The zero-order chi connectivity index (χ0) is 26.4. The van der Waals surface area contributed by atoms with Crippen molar-refractivity contribution in [1.82, 2.24) is 25.1 Å². The van der Waals surface area contributed by atoms with Gasteiger partial charge in [0.25, 0.3) is 5.91 Å². The Morgan fingerprint density at radius 3 is 2.59 bits per heavy atom. The Balaban J connectivity index is 1.60. The number of thiazole rings is 1. The Kier molecular flexibility index (Phi) is 8.41. The topological polar surface area (TPSA) is 120 Å². The van der Waals surface area contributed by atoms with Crippen molar-refractivity contribution in [3.05, 3.63) is 70.5 Å². The number of hydrogen-bond donors (Lipinski definition) is 2. The van der Waals surface area contributed by atoms with Gasteiger partial charge in [-0.2, -0.15) is 0 Å². The van der Waals surface area contributed by atoms with E-state index in [4.69, 9.17) is 9.47 Å². The summed E-state index contributed by atoms with van der Waals surface area (Å²) in [5, 5.41) is 17.1. The Labute approximate surface area is 222 Å². The standard InChI is InChI=1S/C25H26N6O4S2/c1-15-5-6-17(11-16(15)2)23(33)27-13-21-29-30-25(37-14-22(32)28-24-26-9-10-36-24)31(21)19-12-18(34-3)7-8-20(19)35-4/h5-12H,13-14H2,1-4H3,(H,27,33)(H,26,28,32). The molecule has 0 saturated carbocycles. The highest BCUT2D eigenvalue weighted by molar-refractivity contribution is 7.99. The zero-order valence-corrected chi connectivity index (χ0v) is 22.4. The van der Waals surface area contributed by atoms with Crippen molar-refractivity contribution in [2.75, 3.05) is 25.3 Å². The Hall–Kier alpha value is -3.90. The van der Waals surface area contributed by atoms with Crippen LogP contribution in [0.2, 0.25) is 0 Å². The lowest BCUT2D eigenvalue weighted by Crippen LogP contribution is -2.25. The number of rotatable bonds is 10. The van der Waals surface area contributed by atoms with Gasteiger partial charge in [0.15, 0.2) is 16.1 Å². The molecule has 0 fully saturated rings. The van der Waals surface area contributed by atoms with Crippen LogP contribution in [0.25, 0.3) is 5.69 Å². The van der Waals surface area contributed by atoms with E-state index in [0.29, 0.717) is 38.9 Å². The molecule has 4 rings (SSSR count). The van der Waals surface area contributed by atoms with Crippen LogP contribution in [0.3, 0.4) is 0 Å². The summed E-state index contributed by atoms with van der Waals surface area (Å²) in [5.74, 6) is 1.25. The Bertz CT molecular complexity index is 1400. The first-order valence-corrected chi connectivity index (χ1v) is 13.1. The third-order valence-electron chi connectivity index (χ3n) is 5.51. The summed E-state index contributed by atoms with van der Waals surface area (Å²) in [4.78, 5) is 29.4. The van der Waals surface area contributed by atoms with Gasteiger partial charge in [0.1, 0.15) is 11.5 Å². The molecule has 0 aliphatic carbocycles. The highest BCUT2D eigenvalue weighted by Crippen LogP contribution is 2.32. The zero-order valence-electron chi connectivity index (χ0n) is 20.8. The fraction of sp³-hybridized carbons (Fsp3) is 0.240. The molecule has 2 aromatic heterocycles. The predicted octanol–water partition coefficient (Wildman–Crippen LogP) is 4.02. The van der Waals surface area contributed by atoms with Crippen LogP contribution < -0.4 is 20.1 Å².